The molecule has 1 aliphatic rings. The van der Waals surface area contributed by atoms with E-state index in [0.717, 1.165) is 6.61 Å². The van der Waals surface area contributed by atoms with Crippen LogP contribution in [0, 0.1) is 5.41 Å². The van der Waals surface area contributed by atoms with Gasteiger partial charge in [0.1, 0.15) is 0 Å². The van der Waals surface area contributed by atoms with Crippen molar-refractivity contribution in [3.63, 3.8) is 0 Å². The van der Waals surface area contributed by atoms with E-state index in [9.17, 15) is 0 Å². The summed E-state index contributed by atoms with van der Waals surface area (Å²) in [6.45, 7) is 9.98. The second-order valence-electron chi connectivity index (χ2n) is 4.70. The second-order valence-corrected chi connectivity index (χ2v) is 4.70. The summed E-state index contributed by atoms with van der Waals surface area (Å²) in [5.74, 6) is 0. The van der Waals surface area contributed by atoms with Crippen LogP contribution in [0.1, 0.15) is 47.0 Å². The number of rotatable bonds is 1. The van der Waals surface area contributed by atoms with Crippen molar-refractivity contribution >= 4 is 0 Å². The quantitative estimate of drug-likeness (QED) is 0.567. The second kappa shape index (κ2) is 2.78. The third-order valence-electron chi connectivity index (χ3n) is 2.90. The maximum absolute atomic E-state index is 5.66. The smallest absolute Gasteiger partial charge is 0.0631 e. The van der Waals surface area contributed by atoms with Gasteiger partial charge in [0.05, 0.1) is 5.60 Å². The van der Waals surface area contributed by atoms with Crippen molar-refractivity contribution in [3.8, 4) is 0 Å². The minimum atomic E-state index is 0.114. The van der Waals surface area contributed by atoms with Gasteiger partial charge in [-0.1, -0.05) is 20.3 Å². The lowest BCUT2D eigenvalue weighted by Crippen LogP contribution is -2.39. The number of hydrogen-bond acceptors (Lipinski definition) is 1. The summed E-state index contributed by atoms with van der Waals surface area (Å²) in [5, 5.41) is 0. The van der Waals surface area contributed by atoms with E-state index in [4.69, 9.17) is 4.74 Å². The van der Waals surface area contributed by atoms with E-state index in [-0.39, 0.29) is 5.60 Å². The zero-order valence-electron chi connectivity index (χ0n) is 8.24. The lowest BCUT2D eigenvalue weighted by molar-refractivity contribution is -0.100. The van der Waals surface area contributed by atoms with Crippen LogP contribution in [0.5, 0.6) is 0 Å². The summed E-state index contributed by atoms with van der Waals surface area (Å²) in [6.07, 6.45) is 3.71. The number of hydrogen-bond donors (Lipinski definition) is 0. The monoisotopic (exact) mass is 156 g/mol. The van der Waals surface area contributed by atoms with Crippen molar-refractivity contribution in [1.29, 1.82) is 0 Å². The predicted octanol–water partition coefficient (Wildman–Crippen LogP) is 2.99. The molecule has 0 amide bonds. The summed E-state index contributed by atoms with van der Waals surface area (Å²) in [4.78, 5) is 0. The fourth-order valence-electron chi connectivity index (χ4n) is 2.04. The standard InChI is InChI=1S/C10H20O/c1-5-10(4)6-7-11-9(2,3)8-10/h5-8H2,1-4H3. The zero-order chi connectivity index (χ0) is 8.54. The maximum Gasteiger partial charge on any atom is 0.0631 e. The van der Waals surface area contributed by atoms with E-state index in [1.54, 1.807) is 0 Å². The van der Waals surface area contributed by atoms with Gasteiger partial charge in [-0.2, -0.15) is 0 Å². The van der Waals surface area contributed by atoms with Crippen LogP contribution in [-0.4, -0.2) is 12.2 Å². The Kier molecular flexibility index (Phi) is 2.29. The first-order valence-corrected chi connectivity index (χ1v) is 4.61. The maximum atomic E-state index is 5.66. The Morgan fingerprint density at radius 1 is 1.27 bits per heavy atom. The molecule has 1 atom stereocenters. The van der Waals surface area contributed by atoms with E-state index in [1.807, 2.05) is 0 Å². The van der Waals surface area contributed by atoms with E-state index in [0.29, 0.717) is 5.41 Å². The summed E-state index contributed by atoms with van der Waals surface area (Å²) >= 11 is 0. The first-order valence-electron chi connectivity index (χ1n) is 4.61. The molecule has 0 aromatic heterocycles. The molecular formula is C10H20O. The summed E-state index contributed by atoms with van der Waals surface area (Å²) in [5.41, 5.74) is 0.644. The normalized spacial score (nSPS) is 37.1. The molecule has 0 aliphatic carbocycles. The Bertz CT molecular complexity index is 140. The Balaban J connectivity index is 2.59. The predicted molar refractivity (Wildman–Crippen MR) is 47.7 cm³/mol. The zero-order valence-corrected chi connectivity index (χ0v) is 8.24. The molecule has 0 spiro atoms. The molecule has 11 heavy (non-hydrogen) atoms. The van der Waals surface area contributed by atoms with Crippen molar-refractivity contribution in [1.82, 2.24) is 0 Å². The van der Waals surface area contributed by atoms with Crippen molar-refractivity contribution in [3.05, 3.63) is 0 Å². The van der Waals surface area contributed by atoms with Gasteiger partial charge in [0.25, 0.3) is 0 Å². The first kappa shape index (κ1) is 9.05. The molecule has 1 unspecified atom stereocenters. The minimum absolute atomic E-state index is 0.114. The van der Waals surface area contributed by atoms with Crippen LogP contribution in [0.15, 0.2) is 0 Å². The van der Waals surface area contributed by atoms with Crippen LogP contribution < -0.4 is 0 Å². The average molecular weight is 156 g/mol. The summed E-state index contributed by atoms with van der Waals surface area (Å²) < 4.78 is 5.66. The molecule has 0 saturated carbocycles. The molecule has 0 radical (unpaired) electrons. The van der Waals surface area contributed by atoms with Gasteiger partial charge in [-0.25, -0.2) is 0 Å². The first-order chi connectivity index (χ1) is 4.97. The molecular weight excluding hydrogens is 136 g/mol. The molecule has 1 rings (SSSR count). The Morgan fingerprint density at radius 2 is 1.91 bits per heavy atom. The fraction of sp³-hybridized carbons (Fsp3) is 1.00. The minimum Gasteiger partial charge on any atom is -0.376 e. The molecule has 0 aromatic rings. The largest absolute Gasteiger partial charge is 0.376 e. The lowest BCUT2D eigenvalue weighted by atomic mass is 9.74. The number of ether oxygens (including phenoxy) is 1. The van der Waals surface area contributed by atoms with Crippen LogP contribution in [0.3, 0.4) is 0 Å². The van der Waals surface area contributed by atoms with Crippen molar-refractivity contribution in [2.75, 3.05) is 6.61 Å². The van der Waals surface area contributed by atoms with E-state index in [1.165, 1.54) is 19.3 Å². The Morgan fingerprint density at radius 3 is 2.27 bits per heavy atom. The molecule has 0 N–H and O–H groups in total. The third-order valence-corrected chi connectivity index (χ3v) is 2.90. The highest BCUT2D eigenvalue weighted by Gasteiger charge is 2.35. The Labute approximate surface area is 70.1 Å². The molecule has 1 nitrogen and oxygen atoms in total. The average Bonchev–Trinajstić information content (AvgIpc) is 1.85. The molecule has 0 bridgehead atoms. The summed E-state index contributed by atoms with van der Waals surface area (Å²) in [7, 11) is 0. The van der Waals surface area contributed by atoms with Crippen molar-refractivity contribution in [2.24, 2.45) is 5.41 Å². The van der Waals surface area contributed by atoms with E-state index < -0.39 is 0 Å². The highest BCUT2D eigenvalue weighted by Crippen LogP contribution is 2.40. The van der Waals surface area contributed by atoms with Crippen molar-refractivity contribution < 1.29 is 4.74 Å². The topological polar surface area (TPSA) is 9.23 Å². The van der Waals surface area contributed by atoms with Gasteiger partial charge in [0.2, 0.25) is 0 Å². The molecule has 1 heteroatoms. The van der Waals surface area contributed by atoms with Gasteiger partial charge in [0.15, 0.2) is 0 Å². The van der Waals surface area contributed by atoms with Crippen LogP contribution in [0.2, 0.25) is 0 Å². The third kappa shape index (κ3) is 2.19. The molecule has 66 valence electrons. The SMILES string of the molecule is CCC1(C)CCOC(C)(C)C1. The van der Waals surface area contributed by atoms with Gasteiger partial charge < -0.3 is 4.74 Å². The van der Waals surface area contributed by atoms with Crippen LogP contribution in [-0.2, 0) is 4.74 Å². The van der Waals surface area contributed by atoms with Crippen LogP contribution in [0.4, 0.5) is 0 Å². The van der Waals surface area contributed by atoms with Gasteiger partial charge >= 0.3 is 0 Å². The van der Waals surface area contributed by atoms with E-state index in [2.05, 4.69) is 27.7 Å². The van der Waals surface area contributed by atoms with E-state index >= 15 is 0 Å². The van der Waals surface area contributed by atoms with Gasteiger partial charge in [-0.15, -0.1) is 0 Å². The Hall–Kier alpha value is -0.0400. The lowest BCUT2D eigenvalue weighted by Gasteiger charge is -2.42. The van der Waals surface area contributed by atoms with Crippen molar-refractivity contribution in [2.45, 2.75) is 52.6 Å². The van der Waals surface area contributed by atoms with Gasteiger partial charge in [0, 0.05) is 6.61 Å². The highest BCUT2D eigenvalue weighted by molar-refractivity contribution is 4.86. The van der Waals surface area contributed by atoms with Crippen LogP contribution in [0.25, 0.3) is 0 Å². The van der Waals surface area contributed by atoms with Gasteiger partial charge in [-0.3, -0.25) is 0 Å². The molecule has 0 aromatic carbocycles. The highest BCUT2D eigenvalue weighted by atomic mass is 16.5. The molecule has 1 heterocycles. The summed E-state index contributed by atoms with van der Waals surface area (Å²) in [6, 6.07) is 0. The molecule has 1 aliphatic heterocycles. The van der Waals surface area contributed by atoms with Gasteiger partial charge in [-0.05, 0) is 32.1 Å². The molecule has 1 fully saturated rings. The van der Waals surface area contributed by atoms with Crippen LogP contribution >= 0.6 is 0 Å². The fourth-order valence-corrected chi connectivity index (χ4v) is 2.04. The molecule has 1 saturated heterocycles.